The van der Waals surface area contributed by atoms with Gasteiger partial charge in [-0.15, -0.1) is 0 Å². The molecule has 1 fully saturated rings. The highest BCUT2D eigenvalue weighted by molar-refractivity contribution is 7.89. The molecular formula is C24H31N3O4S. The Labute approximate surface area is 190 Å². The van der Waals surface area contributed by atoms with Gasteiger partial charge in [-0.05, 0) is 80.6 Å². The van der Waals surface area contributed by atoms with Crippen LogP contribution in [0.25, 0.3) is 0 Å². The lowest BCUT2D eigenvalue weighted by molar-refractivity contribution is -0.119. The summed E-state index contributed by atoms with van der Waals surface area (Å²) in [6, 6.07) is 10.2. The van der Waals surface area contributed by atoms with Crippen molar-refractivity contribution in [3.8, 4) is 0 Å². The number of rotatable bonds is 8. The fourth-order valence-corrected chi connectivity index (χ4v) is 5.24. The molecule has 2 aromatic rings. The molecule has 0 spiro atoms. The third-order valence-corrected chi connectivity index (χ3v) is 7.53. The molecule has 1 aliphatic rings. The van der Waals surface area contributed by atoms with Crippen molar-refractivity contribution in [2.24, 2.45) is 5.92 Å². The van der Waals surface area contributed by atoms with Crippen LogP contribution in [0.3, 0.4) is 0 Å². The van der Waals surface area contributed by atoms with E-state index in [0.29, 0.717) is 16.8 Å². The molecular weight excluding hydrogens is 426 g/mol. The van der Waals surface area contributed by atoms with Gasteiger partial charge in [-0.25, -0.2) is 13.1 Å². The fourth-order valence-electron chi connectivity index (χ4n) is 3.90. The maximum absolute atomic E-state index is 12.6. The highest BCUT2D eigenvalue weighted by Gasteiger charge is 2.22. The topological polar surface area (TPSA) is 104 Å². The SMILES string of the molecule is Cc1cc(C)c(S(=O)(=O)NCCNC(=O)c2ccc(NC(=O)C3CCCC3)cc2)cc1C. The lowest BCUT2D eigenvalue weighted by Crippen LogP contribution is -2.35. The van der Waals surface area contributed by atoms with Gasteiger partial charge in [-0.3, -0.25) is 9.59 Å². The quantitative estimate of drug-likeness (QED) is 0.528. The summed E-state index contributed by atoms with van der Waals surface area (Å²) in [4.78, 5) is 24.8. The van der Waals surface area contributed by atoms with Gasteiger partial charge in [0.25, 0.3) is 5.91 Å². The van der Waals surface area contributed by atoms with Gasteiger partial charge in [0, 0.05) is 30.3 Å². The van der Waals surface area contributed by atoms with E-state index in [1.165, 1.54) is 0 Å². The van der Waals surface area contributed by atoms with Crippen LogP contribution in [0, 0.1) is 26.7 Å². The lowest BCUT2D eigenvalue weighted by Gasteiger charge is -2.12. The predicted octanol–water partition coefficient (Wildman–Crippen LogP) is 3.45. The molecule has 0 aromatic heterocycles. The monoisotopic (exact) mass is 457 g/mol. The Hall–Kier alpha value is -2.71. The maximum atomic E-state index is 12.6. The van der Waals surface area contributed by atoms with Gasteiger partial charge in [-0.2, -0.15) is 0 Å². The Kier molecular flexibility index (Phi) is 7.69. The number of hydrogen-bond donors (Lipinski definition) is 3. The van der Waals surface area contributed by atoms with Crippen LogP contribution in [0.1, 0.15) is 52.7 Å². The molecule has 172 valence electrons. The lowest BCUT2D eigenvalue weighted by atomic mass is 10.1. The zero-order valence-electron chi connectivity index (χ0n) is 18.8. The molecule has 3 N–H and O–H groups in total. The molecule has 32 heavy (non-hydrogen) atoms. The molecule has 7 nitrogen and oxygen atoms in total. The zero-order valence-corrected chi connectivity index (χ0v) is 19.6. The minimum Gasteiger partial charge on any atom is -0.351 e. The summed E-state index contributed by atoms with van der Waals surface area (Å²) < 4.78 is 27.7. The molecule has 0 aliphatic heterocycles. The van der Waals surface area contributed by atoms with Crippen molar-refractivity contribution in [3.63, 3.8) is 0 Å². The molecule has 2 amide bonds. The van der Waals surface area contributed by atoms with Crippen molar-refractivity contribution < 1.29 is 18.0 Å². The number of hydrogen-bond acceptors (Lipinski definition) is 4. The van der Waals surface area contributed by atoms with Crippen LogP contribution in [0.4, 0.5) is 5.69 Å². The van der Waals surface area contributed by atoms with E-state index in [4.69, 9.17) is 0 Å². The number of nitrogens with one attached hydrogen (secondary N) is 3. The summed E-state index contributed by atoms with van der Waals surface area (Å²) >= 11 is 0. The molecule has 2 aromatic carbocycles. The Morgan fingerprint density at radius 1 is 0.906 bits per heavy atom. The van der Waals surface area contributed by atoms with Gasteiger partial charge in [0.1, 0.15) is 0 Å². The van der Waals surface area contributed by atoms with E-state index in [1.807, 2.05) is 19.9 Å². The van der Waals surface area contributed by atoms with Gasteiger partial charge in [0.15, 0.2) is 0 Å². The van der Waals surface area contributed by atoms with Gasteiger partial charge < -0.3 is 10.6 Å². The first kappa shape index (κ1) is 23.9. The van der Waals surface area contributed by atoms with Crippen molar-refractivity contribution in [2.45, 2.75) is 51.3 Å². The molecule has 1 aliphatic carbocycles. The van der Waals surface area contributed by atoms with E-state index in [2.05, 4.69) is 15.4 Å². The second-order valence-electron chi connectivity index (χ2n) is 8.40. The number of aryl methyl sites for hydroxylation is 3. The fraction of sp³-hybridized carbons (Fsp3) is 0.417. The minimum atomic E-state index is -3.66. The van der Waals surface area contributed by atoms with Crippen molar-refractivity contribution in [3.05, 3.63) is 58.7 Å². The van der Waals surface area contributed by atoms with E-state index in [0.717, 1.165) is 36.8 Å². The highest BCUT2D eigenvalue weighted by Crippen LogP contribution is 2.26. The summed E-state index contributed by atoms with van der Waals surface area (Å²) in [6.07, 6.45) is 4.05. The normalized spacial score (nSPS) is 14.3. The summed E-state index contributed by atoms with van der Waals surface area (Å²) in [5.41, 5.74) is 3.74. The smallest absolute Gasteiger partial charge is 0.251 e. The van der Waals surface area contributed by atoms with E-state index in [-0.39, 0.29) is 35.7 Å². The van der Waals surface area contributed by atoms with Gasteiger partial charge in [-0.1, -0.05) is 18.9 Å². The van der Waals surface area contributed by atoms with Crippen LogP contribution in [-0.4, -0.2) is 33.3 Å². The third-order valence-electron chi connectivity index (χ3n) is 5.92. The van der Waals surface area contributed by atoms with E-state index < -0.39 is 10.0 Å². The second-order valence-corrected chi connectivity index (χ2v) is 10.1. The molecule has 0 saturated heterocycles. The highest BCUT2D eigenvalue weighted by atomic mass is 32.2. The summed E-state index contributed by atoms with van der Waals surface area (Å²) in [7, 11) is -3.66. The zero-order chi connectivity index (χ0) is 23.3. The summed E-state index contributed by atoms with van der Waals surface area (Å²) in [5, 5.41) is 5.61. The van der Waals surface area contributed by atoms with Crippen molar-refractivity contribution >= 4 is 27.5 Å². The summed E-state index contributed by atoms with van der Waals surface area (Å²) in [5.74, 6) is -0.194. The molecule has 0 atom stereocenters. The van der Waals surface area contributed by atoms with Crippen LogP contribution in [0.5, 0.6) is 0 Å². The maximum Gasteiger partial charge on any atom is 0.251 e. The van der Waals surface area contributed by atoms with Gasteiger partial charge >= 0.3 is 0 Å². The Morgan fingerprint density at radius 3 is 2.19 bits per heavy atom. The van der Waals surface area contributed by atoms with Crippen molar-refractivity contribution in [1.29, 1.82) is 0 Å². The van der Waals surface area contributed by atoms with Gasteiger partial charge in [0.2, 0.25) is 15.9 Å². The summed E-state index contributed by atoms with van der Waals surface area (Å²) in [6.45, 7) is 5.82. The number of anilines is 1. The van der Waals surface area contributed by atoms with Crippen molar-refractivity contribution in [1.82, 2.24) is 10.0 Å². The predicted molar refractivity (Wildman–Crippen MR) is 125 cm³/mol. The number of carbonyl (C=O) groups is 2. The van der Waals surface area contributed by atoms with E-state index in [1.54, 1.807) is 37.3 Å². The van der Waals surface area contributed by atoms with Crippen LogP contribution in [0.2, 0.25) is 0 Å². The number of sulfonamides is 1. The first-order chi connectivity index (χ1) is 15.2. The molecule has 1 saturated carbocycles. The van der Waals surface area contributed by atoms with Crippen LogP contribution in [-0.2, 0) is 14.8 Å². The number of benzene rings is 2. The van der Waals surface area contributed by atoms with Crippen molar-refractivity contribution in [2.75, 3.05) is 18.4 Å². The Balaban J connectivity index is 1.48. The molecule has 0 bridgehead atoms. The molecule has 3 rings (SSSR count). The molecule has 0 heterocycles. The second kappa shape index (κ2) is 10.3. The molecule has 0 radical (unpaired) electrons. The number of carbonyl (C=O) groups excluding carboxylic acids is 2. The largest absolute Gasteiger partial charge is 0.351 e. The van der Waals surface area contributed by atoms with Crippen LogP contribution in [0.15, 0.2) is 41.3 Å². The van der Waals surface area contributed by atoms with E-state index in [9.17, 15) is 18.0 Å². The standard InChI is InChI=1S/C24H31N3O4S/c1-16-14-18(3)22(15-17(16)2)32(30,31)26-13-12-25-23(28)20-8-10-21(11-9-20)27-24(29)19-6-4-5-7-19/h8-11,14-15,19,26H,4-7,12-13H2,1-3H3,(H,25,28)(H,27,29). The average molecular weight is 458 g/mol. The Morgan fingerprint density at radius 2 is 1.53 bits per heavy atom. The number of amides is 2. The molecule has 0 unspecified atom stereocenters. The molecule has 8 heteroatoms. The van der Waals surface area contributed by atoms with Gasteiger partial charge in [0.05, 0.1) is 4.90 Å². The first-order valence-corrected chi connectivity index (χ1v) is 12.4. The van der Waals surface area contributed by atoms with E-state index >= 15 is 0 Å². The van der Waals surface area contributed by atoms with Crippen LogP contribution < -0.4 is 15.4 Å². The van der Waals surface area contributed by atoms with Crippen LogP contribution >= 0.6 is 0 Å². The Bertz CT molecular complexity index is 1090. The first-order valence-electron chi connectivity index (χ1n) is 10.9. The minimum absolute atomic E-state index is 0.0333. The average Bonchev–Trinajstić information content (AvgIpc) is 3.29. The third kappa shape index (κ3) is 5.95.